The van der Waals surface area contributed by atoms with Gasteiger partial charge in [-0.2, -0.15) is 0 Å². The van der Waals surface area contributed by atoms with Crippen molar-refractivity contribution in [1.82, 2.24) is 0 Å². The molecule has 0 spiro atoms. The van der Waals surface area contributed by atoms with Gasteiger partial charge in [-0.05, 0) is 78.9 Å². The minimum Gasteiger partial charge on any atom is -0.494 e. The van der Waals surface area contributed by atoms with Crippen molar-refractivity contribution < 1.29 is 56.9 Å². The van der Waals surface area contributed by atoms with Crippen LogP contribution in [0.2, 0.25) is 0 Å². The number of carbonyl (C=O) groups is 1. The molecule has 1 aliphatic heterocycles. The Morgan fingerprint density at radius 1 is 0.417 bits per heavy atom. The van der Waals surface area contributed by atoms with Crippen molar-refractivity contribution in [1.29, 1.82) is 0 Å². The minimum atomic E-state index is -0.663. The molecule has 4 aromatic rings. The fourth-order valence-electron chi connectivity index (χ4n) is 10.1. The molecule has 470 valence electrons. The van der Waals surface area contributed by atoms with E-state index < -0.39 is 12.1 Å². The molecule has 12 nitrogen and oxygen atoms in total. The predicted octanol–water partition coefficient (Wildman–Crippen LogP) is 18.8. The maximum Gasteiger partial charge on any atom is 0.338 e. The van der Waals surface area contributed by atoms with Crippen molar-refractivity contribution >= 4 is 5.97 Å². The van der Waals surface area contributed by atoms with E-state index in [0.717, 1.165) is 54.7 Å². The molecule has 0 aromatic heterocycles. The summed E-state index contributed by atoms with van der Waals surface area (Å²) in [6.45, 7) is 11.5. The Kier molecular flexibility index (Phi) is 39.0. The van der Waals surface area contributed by atoms with E-state index in [4.69, 9.17) is 52.1 Å². The molecular weight excluding hydrogens is 1060 g/mol. The van der Waals surface area contributed by atoms with Gasteiger partial charge in [0.2, 0.25) is 5.75 Å². The van der Waals surface area contributed by atoms with E-state index in [9.17, 15) is 4.79 Å². The zero-order valence-electron chi connectivity index (χ0n) is 52.5. The Hall–Kier alpha value is -5.17. The lowest BCUT2D eigenvalue weighted by Gasteiger charge is -2.22. The molecule has 0 aliphatic carbocycles. The van der Waals surface area contributed by atoms with E-state index in [2.05, 4.69) is 20.8 Å². The summed E-state index contributed by atoms with van der Waals surface area (Å²) < 4.78 is 68.2. The lowest BCUT2D eigenvalue weighted by atomic mass is 10.1. The monoisotopic (exact) mass is 1170 g/mol. The van der Waals surface area contributed by atoms with Gasteiger partial charge in [0, 0.05) is 0 Å². The highest BCUT2D eigenvalue weighted by Gasteiger charge is 2.23. The van der Waals surface area contributed by atoms with E-state index in [1.807, 2.05) is 72.8 Å². The second kappa shape index (κ2) is 47.0. The van der Waals surface area contributed by atoms with Crippen LogP contribution in [0.4, 0.5) is 0 Å². The number of hydrogen-bond acceptors (Lipinski definition) is 12. The number of ether oxygens (including phenoxy) is 11. The first-order chi connectivity index (χ1) is 41.6. The Morgan fingerprint density at radius 3 is 1.29 bits per heavy atom. The number of para-hydroxylation sites is 2. The fourth-order valence-corrected chi connectivity index (χ4v) is 10.1. The van der Waals surface area contributed by atoms with Gasteiger partial charge >= 0.3 is 5.97 Å². The number of hydrogen-bond donors (Lipinski definition) is 0. The van der Waals surface area contributed by atoms with E-state index >= 15 is 0 Å². The normalized spacial score (nSPS) is 14.1. The maximum atomic E-state index is 14.4. The fraction of sp³-hybridized carbons (Fsp3) is 0.653. The molecule has 0 saturated heterocycles. The predicted molar refractivity (Wildman–Crippen MR) is 339 cm³/mol. The van der Waals surface area contributed by atoms with Crippen LogP contribution in [0.15, 0.2) is 84.9 Å². The largest absolute Gasteiger partial charge is 0.494 e. The molecule has 12 heteroatoms. The van der Waals surface area contributed by atoms with Crippen LogP contribution in [-0.2, 0) is 32.2 Å². The molecule has 1 unspecified atom stereocenters. The van der Waals surface area contributed by atoms with Crippen LogP contribution in [0.5, 0.6) is 40.2 Å². The van der Waals surface area contributed by atoms with E-state index in [1.54, 1.807) is 12.1 Å². The van der Waals surface area contributed by atoms with Crippen LogP contribution in [0.3, 0.4) is 0 Å². The van der Waals surface area contributed by atoms with Crippen LogP contribution in [0.25, 0.3) is 0 Å². The molecule has 0 N–H and O–H groups in total. The lowest BCUT2D eigenvalue weighted by Crippen LogP contribution is -2.31. The molecule has 1 aliphatic rings. The summed E-state index contributed by atoms with van der Waals surface area (Å²) >= 11 is 0. The zero-order chi connectivity index (χ0) is 59.0. The third-order valence-corrected chi connectivity index (χ3v) is 15.2. The number of benzene rings is 4. The van der Waals surface area contributed by atoms with Gasteiger partial charge in [0.15, 0.2) is 29.1 Å². The summed E-state index contributed by atoms with van der Waals surface area (Å²) in [7, 11) is 0. The minimum absolute atomic E-state index is 0.104. The molecule has 1 atom stereocenters. The van der Waals surface area contributed by atoms with Crippen LogP contribution < -0.4 is 33.2 Å². The highest BCUT2D eigenvalue weighted by molar-refractivity contribution is 5.91. The number of fused-ring (bicyclic) bond motifs is 1. The quantitative estimate of drug-likeness (QED) is 0.0310. The van der Waals surface area contributed by atoms with Gasteiger partial charge in [-0.25, -0.2) is 4.79 Å². The first kappa shape index (κ1) is 69.6. The number of esters is 1. The van der Waals surface area contributed by atoms with Gasteiger partial charge in [0.25, 0.3) is 0 Å². The van der Waals surface area contributed by atoms with Gasteiger partial charge in [-0.3, -0.25) is 0 Å². The highest BCUT2D eigenvalue weighted by atomic mass is 16.6. The molecule has 0 amide bonds. The number of rotatable bonds is 45. The molecular formula is C72H110O12. The molecule has 1 heterocycles. The van der Waals surface area contributed by atoms with Crippen molar-refractivity contribution in [2.24, 2.45) is 0 Å². The Bertz CT molecular complexity index is 2220. The summed E-state index contributed by atoms with van der Waals surface area (Å²) in [5.41, 5.74) is 2.15. The summed E-state index contributed by atoms with van der Waals surface area (Å²) in [6.07, 6.45) is 37.1. The van der Waals surface area contributed by atoms with E-state index in [-0.39, 0.29) is 32.0 Å². The second-order valence-corrected chi connectivity index (χ2v) is 22.7. The average molecular weight is 1170 g/mol. The lowest BCUT2D eigenvalue weighted by molar-refractivity contribution is -0.0213. The summed E-state index contributed by atoms with van der Waals surface area (Å²) in [6, 6.07) is 27.0. The van der Waals surface area contributed by atoms with Gasteiger partial charge in [-0.1, -0.05) is 231 Å². The topological polar surface area (TPSA) is 119 Å². The van der Waals surface area contributed by atoms with Crippen LogP contribution >= 0.6 is 0 Å². The van der Waals surface area contributed by atoms with Gasteiger partial charge in [-0.15, -0.1) is 0 Å². The number of carbonyl (C=O) groups excluding carboxylic acids is 1. The molecule has 0 fully saturated rings. The molecule has 0 radical (unpaired) electrons. The van der Waals surface area contributed by atoms with Crippen LogP contribution in [0.1, 0.15) is 235 Å². The SMILES string of the molecule is CCCCCCCCCCCCOc1ccc(COc2cc(C(=O)OCC3COCCOCCOCCOc4ccccc4O3)cc(OCCCCCCCCCCCC)c2OCc2ccc(OCCCCCCCCCCCC)cc2)cc1. The van der Waals surface area contributed by atoms with Crippen molar-refractivity contribution in [3.8, 4) is 40.2 Å². The van der Waals surface area contributed by atoms with Crippen LogP contribution in [0, 0.1) is 0 Å². The smallest absolute Gasteiger partial charge is 0.338 e. The third kappa shape index (κ3) is 31.8. The summed E-state index contributed by atoms with van der Waals surface area (Å²) in [5, 5.41) is 0. The summed E-state index contributed by atoms with van der Waals surface area (Å²) in [5.74, 6) is 3.35. The van der Waals surface area contributed by atoms with Crippen LogP contribution in [-0.4, -0.2) is 84.7 Å². The van der Waals surface area contributed by atoms with Crippen molar-refractivity contribution in [2.45, 2.75) is 233 Å². The van der Waals surface area contributed by atoms with E-state index in [1.165, 1.54) is 161 Å². The molecule has 0 bridgehead atoms. The van der Waals surface area contributed by atoms with Crippen molar-refractivity contribution in [3.05, 3.63) is 102 Å². The Balaban J connectivity index is 1.29. The number of unbranched alkanes of at least 4 members (excludes halogenated alkanes) is 27. The van der Waals surface area contributed by atoms with E-state index in [0.29, 0.717) is 88.2 Å². The van der Waals surface area contributed by atoms with Gasteiger partial charge in [0.1, 0.15) is 37.9 Å². The molecule has 4 aromatic carbocycles. The average Bonchev–Trinajstić information content (AvgIpc) is 3.71. The van der Waals surface area contributed by atoms with Gasteiger partial charge in [0.05, 0.1) is 65.0 Å². The standard InChI is InChI=1S/C72H110O12/c1-4-7-10-13-16-19-22-25-28-33-46-77-64-42-38-61(39-43-64)57-81-70-56-63(72(73)83-60-66-59-76-52-51-74-49-50-75-53-54-80-67-36-31-32-37-68(67)84-66)55-69(79-48-35-30-27-24-21-18-15-12-9-6-3)71(70)82-58-62-40-44-65(45-41-62)78-47-34-29-26-23-20-17-14-11-8-5-2/h31-32,36-45,55-56,66H,4-30,33-35,46-54,57-60H2,1-3H3. The third-order valence-electron chi connectivity index (χ3n) is 15.2. The Labute approximate surface area is 508 Å². The van der Waals surface area contributed by atoms with Crippen molar-refractivity contribution in [2.75, 3.05) is 72.7 Å². The summed E-state index contributed by atoms with van der Waals surface area (Å²) in [4.78, 5) is 14.4. The van der Waals surface area contributed by atoms with Crippen molar-refractivity contribution in [3.63, 3.8) is 0 Å². The maximum absolute atomic E-state index is 14.4. The first-order valence-corrected chi connectivity index (χ1v) is 33.3. The first-order valence-electron chi connectivity index (χ1n) is 33.3. The van der Waals surface area contributed by atoms with Gasteiger partial charge < -0.3 is 52.1 Å². The molecule has 0 saturated carbocycles. The molecule has 5 rings (SSSR count). The zero-order valence-corrected chi connectivity index (χ0v) is 52.5. The Morgan fingerprint density at radius 2 is 0.810 bits per heavy atom. The molecule has 84 heavy (non-hydrogen) atoms. The second-order valence-electron chi connectivity index (χ2n) is 22.7. The highest BCUT2D eigenvalue weighted by Crippen LogP contribution is 2.41.